The van der Waals surface area contributed by atoms with Crippen LogP contribution in [-0.4, -0.2) is 25.2 Å². The standard InChI is InChI=1S/C21H23Cl2NO3/c1-14(2)27-17-6-4-16(5-7-17)24-20(25)21(9-11-26-12-10-21)18-8-3-15(22)13-19(18)23/h3-8,13-14H,9-12H2,1-2H3,(H,24,25). The van der Waals surface area contributed by atoms with E-state index in [1.54, 1.807) is 12.1 Å². The Morgan fingerprint density at radius 2 is 1.78 bits per heavy atom. The lowest BCUT2D eigenvalue weighted by Crippen LogP contribution is -2.45. The number of nitrogens with one attached hydrogen (secondary N) is 1. The van der Waals surface area contributed by atoms with Crippen LogP contribution in [0, 0.1) is 0 Å². The van der Waals surface area contributed by atoms with Crippen LogP contribution < -0.4 is 10.1 Å². The van der Waals surface area contributed by atoms with Crippen molar-refractivity contribution in [1.29, 1.82) is 0 Å². The molecule has 4 nitrogen and oxygen atoms in total. The maximum Gasteiger partial charge on any atom is 0.235 e. The number of hydrogen-bond acceptors (Lipinski definition) is 3. The molecule has 144 valence electrons. The molecule has 1 aliphatic heterocycles. The summed E-state index contributed by atoms with van der Waals surface area (Å²) in [5.41, 5.74) is 0.758. The minimum absolute atomic E-state index is 0.0902. The van der Waals surface area contributed by atoms with Gasteiger partial charge in [-0.1, -0.05) is 29.3 Å². The van der Waals surface area contributed by atoms with E-state index in [0.29, 0.717) is 41.8 Å². The smallest absolute Gasteiger partial charge is 0.235 e. The van der Waals surface area contributed by atoms with E-state index in [-0.39, 0.29) is 12.0 Å². The van der Waals surface area contributed by atoms with Gasteiger partial charge in [0, 0.05) is 28.9 Å². The fraction of sp³-hybridized carbons (Fsp3) is 0.381. The van der Waals surface area contributed by atoms with Crippen LogP contribution >= 0.6 is 23.2 Å². The molecule has 0 aromatic heterocycles. The van der Waals surface area contributed by atoms with Crippen LogP contribution in [0.3, 0.4) is 0 Å². The maximum absolute atomic E-state index is 13.3. The Bertz CT molecular complexity index is 800. The zero-order valence-corrected chi connectivity index (χ0v) is 16.9. The third kappa shape index (κ3) is 4.57. The highest BCUT2D eigenvalue weighted by Crippen LogP contribution is 2.40. The number of halogens is 2. The van der Waals surface area contributed by atoms with Gasteiger partial charge >= 0.3 is 0 Å². The quantitative estimate of drug-likeness (QED) is 0.714. The van der Waals surface area contributed by atoms with Crippen molar-refractivity contribution in [2.24, 2.45) is 0 Å². The third-order valence-electron chi connectivity index (χ3n) is 4.71. The van der Waals surface area contributed by atoms with Gasteiger partial charge in [0.25, 0.3) is 0 Å². The van der Waals surface area contributed by atoms with Crippen molar-refractivity contribution in [3.05, 3.63) is 58.1 Å². The monoisotopic (exact) mass is 407 g/mol. The molecule has 6 heteroatoms. The lowest BCUT2D eigenvalue weighted by Gasteiger charge is -2.36. The van der Waals surface area contributed by atoms with E-state index in [0.717, 1.165) is 11.3 Å². The minimum atomic E-state index is -0.743. The first kappa shape index (κ1) is 20.0. The number of rotatable bonds is 5. The Kier molecular flexibility index (Phi) is 6.30. The van der Waals surface area contributed by atoms with E-state index in [1.165, 1.54) is 0 Å². The highest BCUT2D eigenvalue weighted by molar-refractivity contribution is 6.35. The molecule has 0 unspecified atom stereocenters. The average molecular weight is 408 g/mol. The molecule has 0 bridgehead atoms. The molecule has 1 aliphatic rings. The zero-order chi connectivity index (χ0) is 19.4. The van der Waals surface area contributed by atoms with Crippen LogP contribution in [0.1, 0.15) is 32.3 Å². The van der Waals surface area contributed by atoms with Crippen molar-refractivity contribution in [2.45, 2.75) is 38.2 Å². The van der Waals surface area contributed by atoms with Gasteiger partial charge in [-0.15, -0.1) is 0 Å². The topological polar surface area (TPSA) is 47.6 Å². The summed E-state index contributed by atoms with van der Waals surface area (Å²) in [5.74, 6) is 0.678. The Balaban J connectivity index is 1.86. The van der Waals surface area contributed by atoms with Crippen LogP contribution in [-0.2, 0) is 14.9 Å². The maximum atomic E-state index is 13.3. The molecule has 2 aromatic rings. The van der Waals surface area contributed by atoms with Crippen molar-refractivity contribution in [1.82, 2.24) is 0 Å². The highest BCUT2D eigenvalue weighted by Gasteiger charge is 2.43. The number of hydrogen-bond donors (Lipinski definition) is 1. The fourth-order valence-electron chi connectivity index (χ4n) is 3.36. The average Bonchev–Trinajstić information content (AvgIpc) is 2.63. The molecule has 1 N–H and O–H groups in total. The lowest BCUT2D eigenvalue weighted by molar-refractivity contribution is -0.125. The number of amides is 1. The van der Waals surface area contributed by atoms with E-state index in [9.17, 15) is 4.79 Å². The fourth-order valence-corrected chi connectivity index (χ4v) is 3.95. The van der Waals surface area contributed by atoms with E-state index >= 15 is 0 Å². The van der Waals surface area contributed by atoms with Crippen molar-refractivity contribution < 1.29 is 14.3 Å². The summed E-state index contributed by atoms with van der Waals surface area (Å²) in [6.45, 7) is 4.96. The minimum Gasteiger partial charge on any atom is -0.491 e. The van der Waals surface area contributed by atoms with Gasteiger partial charge in [0.05, 0.1) is 11.5 Å². The largest absolute Gasteiger partial charge is 0.491 e. The van der Waals surface area contributed by atoms with E-state index in [2.05, 4.69) is 5.32 Å². The highest BCUT2D eigenvalue weighted by atomic mass is 35.5. The number of carbonyl (C=O) groups is 1. The van der Waals surface area contributed by atoms with E-state index in [1.807, 2.05) is 44.2 Å². The number of benzene rings is 2. The summed E-state index contributed by atoms with van der Waals surface area (Å²) in [5, 5.41) is 4.08. The predicted octanol–water partition coefficient (Wildman–Crippen LogP) is 5.47. The van der Waals surface area contributed by atoms with Gasteiger partial charge < -0.3 is 14.8 Å². The van der Waals surface area contributed by atoms with Crippen LogP contribution in [0.15, 0.2) is 42.5 Å². The molecular weight excluding hydrogens is 385 g/mol. The first-order chi connectivity index (χ1) is 12.9. The zero-order valence-electron chi connectivity index (χ0n) is 15.4. The van der Waals surface area contributed by atoms with Gasteiger partial charge in [0.15, 0.2) is 0 Å². The Morgan fingerprint density at radius 3 is 2.37 bits per heavy atom. The Morgan fingerprint density at radius 1 is 1.11 bits per heavy atom. The molecule has 27 heavy (non-hydrogen) atoms. The van der Waals surface area contributed by atoms with Gasteiger partial charge in [0.2, 0.25) is 5.91 Å². The molecule has 1 fully saturated rings. The molecule has 1 amide bonds. The summed E-state index contributed by atoms with van der Waals surface area (Å²) in [6.07, 6.45) is 1.23. The molecule has 0 atom stereocenters. The summed E-state index contributed by atoms with van der Waals surface area (Å²) in [6, 6.07) is 12.7. The lowest BCUT2D eigenvalue weighted by atomic mass is 9.73. The molecule has 2 aromatic carbocycles. The van der Waals surface area contributed by atoms with Gasteiger partial charge in [-0.25, -0.2) is 0 Å². The second-order valence-electron chi connectivity index (χ2n) is 6.96. The molecular formula is C21H23Cl2NO3. The second-order valence-corrected chi connectivity index (χ2v) is 7.81. The first-order valence-corrected chi connectivity index (χ1v) is 9.78. The van der Waals surface area contributed by atoms with Crippen LogP contribution in [0.25, 0.3) is 0 Å². The molecule has 0 radical (unpaired) electrons. The summed E-state index contributed by atoms with van der Waals surface area (Å²) in [4.78, 5) is 13.3. The van der Waals surface area contributed by atoms with Crippen LogP contribution in [0.5, 0.6) is 5.75 Å². The van der Waals surface area contributed by atoms with Crippen molar-refractivity contribution in [3.63, 3.8) is 0 Å². The number of ether oxygens (including phenoxy) is 2. The molecule has 1 saturated heterocycles. The van der Waals surface area contributed by atoms with Gasteiger partial charge in [0.1, 0.15) is 5.75 Å². The summed E-state index contributed by atoms with van der Waals surface area (Å²) in [7, 11) is 0. The second kappa shape index (κ2) is 8.51. The molecule has 0 aliphatic carbocycles. The SMILES string of the molecule is CC(C)Oc1ccc(NC(=O)C2(c3ccc(Cl)cc3Cl)CCOCC2)cc1. The van der Waals surface area contributed by atoms with Gasteiger partial charge in [-0.2, -0.15) is 0 Å². The Labute approximate surface area is 169 Å². The van der Waals surface area contributed by atoms with Gasteiger partial charge in [-0.3, -0.25) is 4.79 Å². The normalized spacial score (nSPS) is 16.2. The molecule has 3 rings (SSSR count). The van der Waals surface area contributed by atoms with Crippen molar-refractivity contribution in [3.8, 4) is 5.75 Å². The first-order valence-electron chi connectivity index (χ1n) is 9.02. The number of anilines is 1. The predicted molar refractivity (Wildman–Crippen MR) is 109 cm³/mol. The molecule has 0 saturated carbocycles. The van der Waals surface area contributed by atoms with Crippen LogP contribution in [0.2, 0.25) is 10.0 Å². The molecule has 0 spiro atoms. The van der Waals surface area contributed by atoms with E-state index < -0.39 is 5.41 Å². The summed E-state index contributed by atoms with van der Waals surface area (Å²) >= 11 is 12.5. The number of carbonyl (C=O) groups excluding carboxylic acids is 1. The summed E-state index contributed by atoms with van der Waals surface area (Å²) < 4.78 is 11.1. The Hall–Kier alpha value is -1.75. The van der Waals surface area contributed by atoms with Crippen LogP contribution in [0.4, 0.5) is 5.69 Å². The third-order valence-corrected chi connectivity index (χ3v) is 5.26. The van der Waals surface area contributed by atoms with E-state index in [4.69, 9.17) is 32.7 Å². The van der Waals surface area contributed by atoms with Crippen molar-refractivity contribution in [2.75, 3.05) is 18.5 Å². The van der Waals surface area contributed by atoms with Crippen molar-refractivity contribution >= 4 is 34.8 Å². The molecule has 1 heterocycles. The van der Waals surface area contributed by atoms with Gasteiger partial charge in [-0.05, 0) is 68.7 Å².